The summed E-state index contributed by atoms with van der Waals surface area (Å²) in [6.45, 7) is 10.1. The molecule has 0 fully saturated rings. The topological polar surface area (TPSA) is 40.5 Å². The van der Waals surface area contributed by atoms with Crippen LogP contribution in [0.25, 0.3) is 0 Å². The molecule has 7 heteroatoms. The molecule has 1 aromatic rings. The molecule has 0 spiro atoms. The van der Waals surface area contributed by atoms with Crippen LogP contribution in [0.15, 0.2) is 24.3 Å². The van der Waals surface area contributed by atoms with E-state index in [9.17, 15) is 13.2 Å². The predicted molar refractivity (Wildman–Crippen MR) is 70.5 cm³/mol. The summed E-state index contributed by atoms with van der Waals surface area (Å²) in [4.78, 5) is 11.2. The number of benzene rings is 1. The first kappa shape index (κ1) is 20.0. The number of likely N-dealkylation sites (N-methyl/N-ethyl adjacent to an activating group) is 1. The van der Waals surface area contributed by atoms with Crippen molar-refractivity contribution in [2.45, 2.75) is 32.4 Å². The molecule has 0 unspecified atom stereocenters. The van der Waals surface area contributed by atoms with Crippen LogP contribution in [0.4, 0.5) is 18.9 Å². The van der Waals surface area contributed by atoms with Crippen LogP contribution in [0.5, 0.6) is 0 Å². The summed E-state index contributed by atoms with van der Waals surface area (Å²) < 4.78 is 31.7. The molecule has 3 nitrogen and oxygen atoms in total. The van der Waals surface area contributed by atoms with Gasteiger partial charge in [-0.05, 0) is 18.2 Å². The predicted octanol–water partition coefficient (Wildman–Crippen LogP) is 3.60. The van der Waals surface area contributed by atoms with Crippen LogP contribution in [-0.2, 0) is 32.6 Å². The fourth-order valence-electron chi connectivity index (χ4n) is 2.06. The Bertz CT molecular complexity index is 489. The molecule has 1 heterocycles. The first-order valence-corrected chi connectivity index (χ1v) is 6.12. The van der Waals surface area contributed by atoms with Crippen LogP contribution in [-0.4, -0.2) is 23.8 Å². The Hall–Kier alpha value is -0.980. The zero-order chi connectivity index (χ0) is 15.6. The van der Waals surface area contributed by atoms with E-state index < -0.39 is 12.1 Å². The van der Waals surface area contributed by atoms with E-state index in [2.05, 4.69) is 56.5 Å². The quantitative estimate of drug-likeness (QED) is 0.583. The van der Waals surface area contributed by atoms with Crippen molar-refractivity contribution in [3.05, 3.63) is 36.4 Å². The van der Waals surface area contributed by atoms with Gasteiger partial charge in [-0.15, -0.1) is 5.41 Å². The second kappa shape index (κ2) is 7.33. The van der Waals surface area contributed by atoms with Gasteiger partial charge in [0.25, 0.3) is 0 Å². The number of hydrogen-bond donors (Lipinski definition) is 1. The second-order valence-electron chi connectivity index (χ2n) is 4.96. The van der Waals surface area contributed by atoms with E-state index in [1.807, 2.05) is 0 Å². The van der Waals surface area contributed by atoms with Crippen molar-refractivity contribution in [1.82, 2.24) is 0 Å². The molecule has 0 aromatic heterocycles. The van der Waals surface area contributed by atoms with Crippen molar-refractivity contribution in [3.8, 4) is 0 Å². The fourth-order valence-corrected chi connectivity index (χ4v) is 2.06. The Morgan fingerprint density at radius 3 is 2.24 bits per heavy atom. The normalized spacial score (nSPS) is 15.4. The Balaban J connectivity index is 0.000000436. The molecule has 1 aliphatic rings. The number of anilines is 1. The van der Waals surface area contributed by atoms with Gasteiger partial charge in [0.2, 0.25) is 0 Å². The molecular formula is C14H17AgF3NO2. The SMILES string of the molecule is CCN1[CH-]C(C)(C)c2ccccc21.O=C(O)C(F)(F)F.[Ag+]. The molecule has 21 heavy (non-hydrogen) atoms. The van der Waals surface area contributed by atoms with Crippen LogP contribution in [0.1, 0.15) is 26.3 Å². The number of halogens is 3. The van der Waals surface area contributed by atoms with Crippen LogP contribution in [0.2, 0.25) is 0 Å². The summed E-state index contributed by atoms with van der Waals surface area (Å²) in [6, 6.07) is 8.65. The number of hydrogen-bond acceptors (Lipinski definition) is 2. The molecule has 0 amide bonds. The van der Waals surface area contributed by atoms with E-state index in [1.165, 1.54) is 11.3 Å². The summed E-state index contributed by atoms with van der Waals surface area (Å²) in [5, 5.41) is 7.12. The number of carboxylic acid groups (broad SMARTS) is 1. The smallest absolute Gasteiger partial charge is 0.522 e. The van der Waals surface area contributed by atoms with Gasteiger partial charge in [0.05, 0.1) is 0 Å². The maximum Gasteiger partial charge on any atom is 1.00 e. The minimum Gasteiger partial charge on any atom is -0.522 e. The van der Waals surface area contributed by atoms with Crippen molar-refractivity contribution in [1.29, 1.82) is 0 Å². The van der Waals surface area contributed by atoms with Crippen molar-refractivity contribution in [3.63, 3.8) is 0 Å². The van der Waals surface area contributed by atoms with E-state index in [0.29, 0.717) is 0 Å². The van der Waals surface area contributed by atoms with Crippen molar-refractivity contribution < 1.29 is 45.5 Å². The molecule has 1 N–H and O–H groups in total. The Kier molecular flexibility index (Phi) is 6.99. The standard InChI is InChI=1S/C12H16N.C2HF3O2.Ag/c1-4-13-9-12(2,3)10-7-5-6-8-11(10)13;3-2(4,5)1(6)7;/h5-9H,4H2,1-3H3;(H,6,7);/q-1;;+1. The van der Waals surface area contributed by atoms with Crippen LogP contribution in [0.3, 0.4) is 0 Å². The minimum absolute atomic E-state index is 0. The molecule has 0 saturated heterocycles. The van der Waals surface area contributed by atoms with Gasteiger partial charge in [-0.25, -0.2) is 11.3 Å². The average Bonchev–Trinajstić information content (AvgIpc) is 2.61. The maximum atomic E-state index is 10.6. The number of carbonyl (C=O) groups is 1. The number of fused-ring (bicyclic) bond motifs is 1. The third kappa shape index (κ3) is 5.05. The zero-order valence-corrected chi connectivity index (χ0v) is 13.3. The van der Waals surface area contributed by atoms with Gasteiger partial charge >= 0.3 is 34.5 Å². The van der Waals surface area contributed by atoms with E-state index in [-0.39, 0.29) is 27.8 Å². The summed E-state index contributed by atoms with van der Waals surface area (Å²) in [7, 11) is 0. The zero-order valence-electron chi connectivity index (χ0n) is 11.8. The number of aliphatic carboxylic acids is 1. The van der Waals surface area contributed by atoms with E-state index in [0.717, 1.165) is 6.54 Å². The number of carboxylic acids is 1. The first-order valence-electron chi connectivity index (χ1n) is 6.12. The van der Waals surface area contributed by atoms with Crippen molar-refractivity contribution in [2.75, 3.05) is 11.4 Å². The second-order valence-corrected chi connectivity index (χ2v) is 4.96. The largest absolute Gasteiger partial charge is 1.00 e. The van der Waals surface area contributed by atoms with Gasteiger partial charge in [0, 0.05) is 5.69 Å². The number of para-hydroxylation sites is 1. The maximum absolute atomic E-state index is 10.6. The number of alkyl halides is 3. The van der Waals surface area contributed by atoms with Gasteiger partial charge in [-0.1, -0.05) is 39.0 Å². The molecular weight excluding hydrogens is 379 g/mol. The summed E-state index contributed by atoms with van der Waals surface area (Å²) >= 11 is 0. The molecule has 0 saturated carbocycles. The van der Waals surface area contributed by atoms with Crippen molar-refractivity contribution >= 4 is 11.7 Å². The number of rotatable bonds is 1. The molecule has 122 valence electrons. The third-order valence-electron chi connectivity index (χ3n) is 2.97. The van der Waals surface area contributed by atoms with E-state index >= 15 is 0 Å². The van der Waals surface area contributed by atoms with E-state index in [4.69, 9.17) is 9.90 Å². The molecule has 2 rings (SSSR count). The Morgan fingerprint density at radius 1 is 1.33 bits per heavy atom. The first-order chi connectivity index (χ1) is 9.09. The average molecular weight is 396 g/mol. The van der Waals surface area contributed by atoms with Crippen LogP contribution >= 0.6 is 0 Å². The van der Waals surface area contributed by atoms with E-state index in [1.54, 1.807) is 0 Å². The van der Waals surface area contributed by atoms with Gasteiger partial charge < -0.3 is 10.0 Å². The van der Waals surface area contributed by atoms with Crippen molar-refractivity contribution in [2.24, 2.45) is 0 Å². The van der Waals surface area contributed by atoms with Crippen LogP contribution in [0, 0.1) is 6.54 Å². The molecule has 1 aromatic carbocycles. The summed E-state index contributed by atoms with van der Waals surface area (Å²) in [5.41, 5.74) is 3.01. The minimum atomic E-state index is -5.08. The van der Waals surface area contributed by atoms with Gasteiger partial charge in [0.1, 0.15) is 0 Å². The molecule has 0 radical (unpaired) electrons. The van der Waals surface area contributed by atoms with Gasteiger partial charge in [0.15, 0.2) is 0 Å². The Morgan fingerprint density at radius 2 is 1.81 bits per heavy atom. The monoisotopic (exact) mass is 395 g/mol. The van der Waals surface area contributed by atoms with Gasteiger partial charge in [-0.2, -0.15) is 13.2 Å². The van der Waals surface area contributed by atoms with Gasteiger partial charge in [-0.3, -0.25) is 0 Å². The summed E-state index contributed by atoms with van der Waals surface area (Å²) in [5.74, 6) is -2.76. The summed E-state index contributed by atoms with van der Waals surface area (Å²) in [6.07, 6.45) is -5.08. The molecule has 0 aliphatic carbocycles. The third-order valence-corrected chi connectivity index (χ3v) is 2.97. The molecule has 1 aliphatic heterocycles. The fraction of sp³-hybridized carbons (Fsp3) is 0.429. The molecule has 0 atom stereocenters. The number of nitrogens with zero attached hydrogens (tertiary/aromatic N) is 1. The van der Waals surface area contributed by atoms with Crippen LogP contribution < -0.4 is 4.90 Å². The Labute approximate surface area is 137 Å². The molecule has 0 bridgehead atoms.